The molecule has 2 amide bonds. The highest BCUT2D eigenvalue weighted by atomic mass is 16.4. The Morgan fingerprint density at radius 1 is 1.37 bits per heavy atom. The van der Waals surface area contributed by atoms with Crippen molar-refractivity contribution in [1.82, 2.24) is 5.32 Å². The fourth-order valence-electron chi connectivity index (χ4n) is 1.24. The highest BCUT2D eigenvalue weighted by Gasteiger charge is 2.11. The van der Waals surface area contributed by atoms with E-state index in [2.05, 4.69) is 10.6 Å². The number of nitrogens with one attached hydrogen (secondary N) is 3. The molecule has 1 aromatic carbocycles. The van der Waals surface area contributed by atoms with Gasteiger partial charge in [0.05, 0.1) is 5.92 Å². The molecular formula is C12H16N4O3. The quantitative estimate of drug-likeness (QED) is 0.398. The van der Waals surface area contributed by atoms with Crippen LogP contribution in [0.15, 0.2) is 24.3 Å². The molecule has 0 bridgehead atoms. The Morgan fingerprint density at radius 3 is 2.42 bits per heavy atom. The van der Waals surface area contributed by atoms with E-state index in [1.54, 1.807) is 24.3 Å². The molecule has 0 saturated heterocycles. The zero-order chi connectivity index (χ0) is 14.4. The largest absolute Gasteiger partial charge is 0.481 e. The van der Waals surface area contributed by atoms with Gasteiger partial charge in [0.25, 0.3) is 0 Å². The van der Waals surface area contributed by atoms with Crippen LogP contribution in [0.4, 0.5) is 10.5 Å². The number of hydrogen-bond acceptors (Lipinski definition) is 3. The van der Waals surface area contributed by atoms with Crippen LogP contribution in [0.5, 0.6) is 0 Å². The summed E-state index contributed by atoms with van der Waals surface area (Å²) in [6, 6.07) is 5.95. The SMILES string of the molecule is C[C@H](CNC(=O)Nc1ccc(C(=N)N)cc1)C(=O)O. The van der Waals surface area contributed by atoms with Gasteiger partial charge in [-0.3, -0.25) is 10.2 Å². The fourth-order valence-corrected chi connectivity index (χ4v) is 1.24. The number of carboxylic acids is 1. The van der Waals surface area contributed by atoms with Crippen molar-refractivity contribution in [2.75, 3.05) is 11.9 Å². The van der Waals surface area contributed by atoms with Gasteiger partial charge in [0.2, 0.25) is 0 Å². The lowest BCUT2D eigenvalue weighted by molar-refractivity contribution is -0.140. The van der Waals surface area contributed by atoms with E-state index in [0.717, 1.165) is 0 Å². The average Bonchev–Trinajstić information content (AvgIpc) is 2.36. The molecule has 0 unspecified atom stereocenters. The number of hydrogen-bond donors (Lipinski definition) is 5. The molecule has 1 aromatic rings. The van der Waals surface area contributed by atoms with Gasteiger partial charge in [-0.25, -0.2) is 4.79 Å². The van der Waals surface area contributed by atoms with Crippen molar-refractivity contribution in [3.05, 3.63) is 29.8 Å². The molecule has 102 valence electrons. The van der Waals surface area contributed by atoms with Crippen LogP contribution in [-0.2, 0) is 4.79 Å². The molecule has 0 aliphatic rings. The third-order valence-electron chi connectivity index (χ3n) is 2.44. The maximum absolute atomic E-state index is 11.5. The van der Waals surface area contributed by atoms with E-state index in [4.69, 9.17) is 16.2 Å². The molecule has 6 N–H and O–H groups in total. The van der Waals surface area contributed by atoms with Gasteiger partial charge in [0.1, 0.15) is 5.84 Å². The molecule has 0 heterocycles. The van der Waals surface area contributed by atoms with Crippen LogP contribution in [0.2, 0.25) is 0 Å². The lowest BCUT2D eigenvalue weighted by Crippen LogP contribution is -2.34. The van der Waals surface area contributed by atoms with Gasteiger partial charge in [0, 0.05) is 17.8 Å². The Morgan fingerprint density at radius 2 is 1.95 bits per heavy atom. The molecule has 0 aliphatic heterocycles. The summed E-state index contributed by atoms with van der Waals surface area (Å²) in [5.74, 6) is -1.66. The highest BCUT2D eigenvalue weighted by Crippen LogP contribution is 2.08. The minimum absolute atomic E-state index is 0.0483. The van der Waals surface area contributed by atoms with Crippen LogP contribution in [-0.4, -0.2) is 29.5 Å². The smallest absolute Gasteiger partial charge is 0.319 e. The molecule has 1 rings (SSSR count). The van der Waals surface area contributed by atoms with Crippen molar-refractivity contribution in [2.24, 2.45) is 11.7 Å². The van der Waals surface area contributed by atoms with Crippen molar-refractivity contribution < 1.29 is 14.7 Å². The zero-order valence-corrected chi connectivity index (χ0v) is 10.4. The third kappa shape index (κ3) is 4.66. The molecule has 0 aliphatic carbocycles. The van der Waals surface area contributed by atoms with Gasteiger partial charge in [-0.15, -0.1) is 0 Å². The Bertz CT molecular complexity index is 484. The van der Waals surface area contributed by atoms with Gasteiger partial charge in [0.15, 0.2) is 0 Å². The summed E-state index contributed by atoms with van der Waals surface area (Å²) in [7, 11) is 0. The van der Waals surface area contributed by atoms with E-state index in [9.17, 15) is 9.59 Å². The van der Waals surface area contributed by atoms with Crippen LogP contribution in [0, 0.1) is 11.3 Å². The zero-order valence-electron chi connectivity index (χ0n) is 10.4. The number of benzene rings is 1. The summed E-state index contributed by atoms with van der Waals surface area (Å²) in [4.78, 5) is 22.0. The van der Waals surface area contributed by atoms with Gasteiger partial charge in [-0.1, -0.05) is 6.92 Å². The molecule has 0 saturated carbocycles. The number of anilines is 1. The van der Waals surface area contributed by atoms with Crippen LogP contribution in [0.3, 0.4) is 0 Å². The van der Waals surface area contributed by atoms with Crippen molar-refractivity contribution in [2.45, 2.75) is 6.92 Å². The minimum atomic E-state index is -0.967. The van der Waals surface area contributed by atoms with Gasteiger partial charge in [-0.05, 0) is 24.3 Å². The van der Waals surface area contributed by atoms with Crippen LogP contribution < -0.4 is 16.4 Å². The van der Waals surface area contributed by atoms with E-state index in [0.29, 0.717) is 11.3 Å². The number of carbonyl (C=O) groups is 2. The van der Waals surface area contributed by atoms with Crippen LogP contribution in [0.25, 0.3) is 0 Å². The van der Waals surface area contributed by atoms with E-state index >= 15 is 0 Å². The molecule has 0 spiro atoms. The monoisotopic (exact) mass is 264 g/mol. The standard InChI is InChI=1S/C12H16N4O3/c1-7(11(17)18)6-15-12(19)16-9-4-2-8(3-5-9)10(13)14/h2-5,7H,6H2,1H3,(H3,13,14)(H,17,18)(H2,15,16,19)/t7-/m1/s1. The van der Waals surface area contributed by atoms with Crippen LogP contribution >= 0.6 is 0 Å². The van der Waals surface area contributed by atoms with E-state index in [-0.39, 0.29) is 12.4 Å². The lowest BCUT2D eigenvalue weighted by Gasteiger charge is -2.10. The lowest BCUT2D eigenvalue weighted by atomic mass is 10.2. The summed E-state index contributed by atoms with van der Waals surface area (Å²) in [6.45, 7) is 1.55. The predicted octanol–water partition coefficient (Wildman–Crippen LogP) is 0.813. The number of amides is 2. The number of carbonyl (C=O) groups excluding carboxylic acids is 1. The second-order valence-corrected chi connectivity index (χ2v) is 4.07. The van der Waals surface area contributed by atoms with Crippen molar-refractivity contribution in [1.29, 1.82) is 5.41 Å². The maximum atomic E-state index is 11.5. The summed E-state index contributed by atoms with van der Waals surface area (Å²) < 4.78 is 0. The first-order valence-corrected chi connectivity index (χ1v) is 5.62. The van der Waals surface area contributed by atoms with Crippen molar-refractivity contribution >= 4 is 23.5 Å². The number of rotatable bonds is 5. The van der Waals surface area contributed by atoms with E-state index in [1.165, 1.54) is 6.92 Å². The van der Waals surface area contributed by atoms with Gasteiger partial charge in [-0.2, -0.15) is 0 Å². The minimum Gasteiger partial charge on any atom is -0.481 e. The van der Waals surface area contributed by atoms with Crippen LogP contribution in [0.1, 0.15) is 12.5 Å². The second-order valence-electron chi connectivity index (χ2n) is 4.07. The van der Waals surface area contributed by atoms with Gasteiger partial charge < -0.3 is 21.5 Å². The maximum Gasteiger partial charge on any atom is 0.319 e. The Hall–Kier alpha value is -2.57. The molecule has 7 nitrogen and oxygen atoms in total. The third-order valence-corrected chi connectivity index (χ3v) is 2.44. The fraction of sp³-hybridized carbons (Fsp3) is 0.250. The molecule has 0 aromatic heterocycles. The van der Waals surface area contributed by atoms with E-state index < -0.39 is 17.9 Å². The molecule has 19 heavy (non-hydrogen) atoms. The number of nitrogen functional groups attached to an aromatic ring is 1. The van der Waals surface area contributed by atoms with E-state index in [1.807, 2.05) is 0 Å². The molecule has 0 fully saturated rings. The number of carboxylic acid groups (broad SMARTS) is 1. The highest BCUT2D eigenvalue weighted by molar-refractivity contribution is 5.96. The topological polar surface area (TPSA) is 128 Å². The summed E-state index contributed by atoms with van der Waals surface area (Å²) in [6.07, 6.45) is 0. The average molecular weight is 264 g/mol. The number of aliphatic carboxylic acids is 1. The molecular weight excluding hydrogens is 248 g/mol. The van der Waals surface area contributed by atoms with Crippen molar-refractivity contribution in [3.63, 3.8) is 0 Å². The first kappa shape index (κ1) is 14.5. The molecule has 7 heteroatoms. The van der Waals surface area contributed by atoms with Gasteiger partial charge >= 0.3 is 12.0 Å². The number of urea groups is 1. The normalized spacial score (nSPS) is 11.4. The summed E-state index contributed by atoms with van der Waals surface area (Å²) in [5.41, 5.74) is 6.40. The Balaban J connectivity index is 2.48. The first-order chi connectivity index (χ1) is 8.90. The molecule has 0 radical (unpaired) electrons. The number of nitrogens with two attached hydrogens (primary N) is 1. The second kappa shape index (κ2) is 6.39. The number of amidine groups is 1. The summed E-state index contributed by atoms with van der Waals surface area (Å²) >= 11 is 0. The first-order valence-electron chi connectivity index (χ1n) is 5.62. The van der Waals surface area contributed by atoms with Crippen molar-refractivity contribution in [3.8, 4) is 0 Å². The Labute approximate surface area is 110 Å². The summed E-state index contributed by atoms with van der Waals surface area (Å²) in [5, 5.41) is 20.9. The predicted molar refractivity (Wildman–Crippen MR) is 71.3 cm³/mol. The molecule has 1 atom stereocenters. The Kier molecular flexibility index (Phi) is 4.87.